The van der Waals surface area contributed by atoms with Crippen LogP contribution in [0.4, 0.5) is 0 Å². The van der Waals surface area contributed by atoms with Crippen molar-refractivity contribution in [2.24, 2.45) is 5.92 Å². The second-order valence-corrected chi connectivity index (χ2v) is 5.95. The Balaban J connectivity index is 2.89. The first-order chi connectivity index (χ1) is 8.63. The predicted molar refractivity (Wildman–Crippen MR) is 82.7 cm³/mol. The van der Waals surface area contributed by atoms with Crippen molar-refractivity contribution in [3.63, 3.8) is 0 Å². The van der Waals surface area contributed by atoms with Gasteiger partial charge in [0.05, 0.1) is 7.11 Å². The molecule has 0 N–H and O–H groups in total. The van der Waals surface area contributed by atoms with Gasteiger partial charge in [-0.1, -0.05) is 48.7 Å². The molecule has 0 amide bonds. The van der Waals surface area contributed by atoms with Crippen LogP contribution in [0, 0.1) is 12.8 Å². The molecule has 0 radical (unpaired) electrons. The Hall–Kier alpha value is -0.500. The molecule has 2 heteroatoms. The summed E-state index contributed by atoms with van der Waals surface area (Å²) in [5.41, 5.74) is 2.72. The van der Waals surface area contributed by atoms with Gasteiger partial charge >= 0.3 is 0 Å². The molecule has 18 heavy (non-hydrogen) atoms. The molecule has 0 aliphatic heterocycles. The SMILES string of the molecule is CCCC(CCC)C(Br)c1ccc(OC)cc1C. The first kappa shape index (κ1) is 15.6. The zero-order valence-corrected chi connectivity index (χ0v) is 13.6. The summed E-state index contributed by atoms with van der Waals surface area (Å²) in [6.07, 6.45) is 5.08. The first-order valence-electron chi connectivity index (χ1n) is 6.92. The second kappa shape index (κ2) is 7.83. The molecule has 0 aliphatic rings. The molecule has 0 saturated heterocycles. The summed E-state index contributed by atoms with van der Waals surface area (Å²) >= 11 is 3.91. The van der Waals surface area contributed by atoms with Crippen LogP contribution >= 0.6 is 15.9 Å². The average molecular weight is 313 g/mol. The molecule has 0 heterocycles. The van der Waals surface area contributed by atoms with E-state index in [-0.39, 0.29) is 0 Å². The Bertz CT molecular complexity index is 356. The van der Waals surface area contributed by atoms with E-state index in [2.05, 4.69) is 54.9 Å². The van der Waals surface area contributed by atoms with E-state index >= 15 is 0 Å². The van der Waals surface area contributed by atoms with Gasteiger partial charge in [-0.05, 0) is 48.9 Å². The molecule has 0 fully saturated rings. The maximum atomic E-state index is 5.27. The Morgan fingerprint density at radius 3 is 2.22 bits per heavy atom. The van der Waals surface area contributed by atoms with Crippen LogP contribution in [0.25, 0.3) is 0 Å². The van der Waals surface area contributed by atoms with Gasteiger partial charge in [-0.25, -0.2) is 0 Å². The summed E-state index contributed by atoms with van der Waals surface area (Å²) in [7, 11) is 1.72. The molecule has 1 nitrogen and oxygen atoms in total. The topological polar surface area (TPSA) is 9.23 Å². The zero-order chi connectivity index (χ0) is 13.5. The minimum atomic E-state index is 0.461. The van der Waals surface area contributed by atoms with E-state index in [0.717, 1.165) is 11.7 Å². The van der Waals surface area contributed by atoms with E-state index in [1.807, 2.05) is 0 Å². The number of halogens is 1. The van der Waals surface area contributed by atoms with E-state index in [0.29, 0.717) is 4.83 Å². The summed E-state index contributed by atoms with van der Waals surface area (Å²) in [5, 5.41) is 0. The highest BCUT2D eigenvalue weighted by molar-refractivity contribution is 9.09. The van der Waals surface area contributed by atoms with Gasteiger partial charge in [-0.15, -0.1) is 0 Å². The summed E-state index contributed by atoms with van der Waals surface area (Å²) in [6, 6.07) is 6.38. The van der Waals surface area contributed by atoms with Crippen LogP contribution in [0.15, 0.2) is 18.2 Å². The third kappa shape index (κ3) is 4.01. The summed E-state index contributed by atoms with van der Waals surface area (Å²) < 4.78 is 5.27. The van der Waals surface area contributed by atoms with Crippen LogP contribution < -0.4 is 4.74 Å². The van der Waals surface area contributed by atoms with Gasteiger partial charge in [0.25, 0.3) is 0 Å². The molecule has 1 unspecified atom stereocenters. The lowest BCUT2D eigenvalue weighted by Crippen LogP contribution is -2.09. The van der Waals surface area contributed by atoms with Gasteiger partial charge in [0.1, 0.15) is 5.75 Å². The molecule has 1 rings (SSSR count). The lowest BCUT2D eigenvalue weighted by atomic mass is 9.89. The van der Waals surface area contributed by atoms with Crippen LogP contribution in [0.1, 0.15) is 55.5 Å². The molecule has 1 aromatic carbocycles. The standard InChI is InChI=1S/C16H25BrO/c1-5-7-13(8-6-2)16(17)15-10-9-14(18-4)11-12(15)3/h9-11,13,16H,5-8H2,1-4H3. The number of hydrogen-bond donors (Lipinski definition) is 0. The number of ether oxygens (including phenoxy) is 1. The Labute approximate surface area is 120 Å². The minimum absolute atomic E-state index is 0.461. The Morgan fingerprint density at radius 2 is 1.78 bits per heavy atom. The normalized spacial score (nSPS) is 12.8. The van der Waals surface area contributed by atoms with Crippen LogP contribution in [0.3, 0.4) is 0 Å². The molecule has 0 bridgehead atoms. The van der Waals surface area contributed by atoms with E-state index in [1.165, 1.54) is 36.8 Å². The van der Waals surface area contributed by atoms with Crippen molar-refractivity contribution in [1.82, 2.24) is 0 Å². The lowest BCUT2D eigenvalue weighted by molar-refractivity contribution is 0.412. The van der Waals surface area contributed by atoms with Crippen molar-refractivity contribution in [3.8, 4) is 5.75 Å². The molecule has 102 valence electrons. The predicted octanol–water partition coefficient (Wildman–Crippen LogP) is 5.66. The quantitative estimate of drug-likeness (QED) is 0.590. The number of hydrogen-bond acceptors (Lipinski definition) is 1. The van der Waals surface area contributed by atoms with Crippen LogP contribution in [-0.2, 0) is 0 Å². The number of alkyl halides is 1. The molecule has 1 atom stereocenters. The van der Waals surface area contributed by atoms with E-state index < -0.39 is 0 Å². The van der Waals surface area contributed by atoms with Gasteiger partial charge in [-0.3, -0.25) is 0 Å². The third-order valence-electron chi connectivity index (χ3n) is 3.51. The second-order valence-electron chi connectivity index (χ2n) is 4.96. The monoisotopic (exact) mass is 312 g/mol. The maximum Gasteiger partial charge on any atom is 0.119 e. The van der Waals surface area contributed by atoms with Crippen molar-refractivity contribution in [3.05, 3.63) is 29.3 Å². The fraction of sp³-hybridized carbons (Fsp3) is 0.625. The van der Waals surface area contributed by atoms with Crippen molar-refractivity contribution in [2.45, 2.75) is 51.3 Å². The van der Waals surface area contributed by atoms with Gasteiger partial charge in [-0.2, -0.15) is 0 Å². The van der Waals surface area contributed by atoms with Crippen molar-refractivity contribution >= 4 is 15.9 Å². The maximum absolute atomic E-state index is 5.27. The molecule has 0 aromatic heterocycles. The highest BCUT2D eigenvalue weighted by atomic mass is 79.9. The van der Waals surface area contributed by atoms with Gasteiger partial charge < -0.3 is 4.74 Å². The number of methoxy groups -OCH3 is 1. The van der Waals surface area contributed by atoms with Crippen LogP contribution in [0.2, 0.25) is 0 Å². The van der Waals surface area contributed by atoms with E-state index in [4.69, 9.17) is 4.74 Å². The number of rotatable bonds is 7. The van der Waals surface area contributed by atoms with Gasteiger partial charge in [0.15, 0.2) is 0 Å². The van der Waals surface area contributed by atoms with Crippen LogP contribution in [0.5, 0.6) is 5.75 Å². The third-order valence-corrected chi connectivity index (χ3v) is 4.75. The lowest BCUT2D eigenvalue weighted by Gasteiger charge is -2.23. The summed E-state index contributed by atoms with van der Waals surface area (Å²) in [5.74, 6) is 1.67. The Kier molecular flexibility index (Phi) is 6.77. The van der Waals surface area contributed by atoms with E-state index in [1.54, 1.807) is 7.11 Å². The smallest absolute Gasteiger partial charge is 0.119 e. The van der Waals surface area contributed by atoms with Crippen molar-refractivity contribution in [2.75, 3.05) is 7.11 Å². The van der Waals surface area contributed by atoms with Crippen LogP contribution in [-0.4, -0.2) is 7.11 Å². The molecular formula is C16H25BrO. The molecule has 0 aliphatic carbocycles. The molecule has 1 aromatic rings. The molecule has 0 spiro atoms. The van der Waals surface area contributed by atoms with E-state index in [9.17, 15) is 0 Å². The summed E-state index contributed by atoms with van der Waals surface area (Å²) in [6.45, 7) is 6.70. The zero-order valence-electron chi connectivity index (χ0n) is 12.0. The summed E-state index contributed by atoms with van der Waals surface area (Å²) in [4.78, 5) is 0.461. The highest BCUT2D eigenvalue weighted by Crippen LogP contribution is 2.38. The largest absolute Gasteiger partial charge is 0.497 e. The number of aryl methyl sites for hydroxylation is 1. The Morgan fingerprint density at radius 1 is 1.17 bits per heavy atom. The fourth-order valence-electron chi connectivity index (χ4n) is 2.52. The average Bonchev–Trinajstić information content (AvgIpc) is 2.37. The number of benzene rings is 1. The molecule has 0 saturated carbocycles. The van der Waals surface area contributed by atoms with Gasteiger partial charge in [0.2, 0.25) is 0 Å². The highest BCUT2D eigenvalue weighted by Gasteiger charge is 2.20. The minimum Gasteiger partial charge on any atom is -0.497 e. The van der Waals surface area contributed by atoms with Crippen molar-refractivity contribution in [1.29, 1.82) is 0 Å². The fourth-order valence-corrected chi connectivity index (χ4v) is 3.56. The molecular weight excluding hydrogens is 288 g/mol. The van der Waals surface area contributed by atoms with Crippen molar-refractivity contribution < 1.29 is 4.74 Å². The van der Waals surface area contributed by atoms with Gasteiger partial charge in [0, 0.05) is 4.83 Å². The first-order valence-corrected chi connectivity index (χ1v) is 7.84.